The Kier molecular flexibility index (Phi) is 5.66. The number of aryl methyl sites for hydroxylation is 1. The highest BCUT2D eigenvalue weighted by molar-refractivity contribution is 6.01. The molecule has 1 aliphatic rings. The Morgan fingerprint density at radius 3 is 2.88 bits per heavy atom. The van der Waals surface area contributed by atoms with Gasteiger partial charge in [0.1, 0.15) is 0 Å². The Labute approximate surface area is 154 Å². The van der Waals surface area contributed by atoms with Crippen molar-refractivity contribution in [3.05, 3.63) is 59.4 Å². The zero-order valence-corrected chi connectivity index (χ0v) is 15.4. The zero-order valence-electron chi connectivity index (χ0n) is 15.4. The van der Waals surface area contributed by atoms with Crippen molar-refractivity contribution in [2.24, 2.45) is 0 Å². The second-order valence-electron chi connectivity index (χ2n) is 6.78. The standard InChI is InChI=1S/C21H25N3O2/c1-3-4-7-19(16-6-5-12-22-14-16)24(2)21(26)23-17-9-10-18-15(13-17)8-11-20(18)25/h5-6,9-10,12-14,19H,3-4,7-8,11H2,1-2H3,(H,23,26)/t19-/m0/s1. The van der Waals surface area contributed by atoms with E-state index >= 15 is 0 Å². The van der Waals surface area contributed by atoms with Crippen molar-refractivity contribution >= 4 is 17.5 Å². The van der Waals surface area contributed by atoms with Gasteiger partial charge in [-0.1, -0.05) is 25.8 Å². The van der Waals surface area contributed by atoms with Crippen LogP contribution in [0.1, 0.15) is 60.1 Å². The van der Waals surface area contributed by atoms with Gasteiger partial charge in [0.05, 0.1) is 6.04 Å². The van der Waals surface area contributed by atoms with E-state index < -0.39 is 0 Å². The maximum Gasteiger partial charge on any atom is 0.322 e. The number of Topliss-reactive ketones (excluding diaryl/α,β-unsaturated/α-hetero) is 1. The summed E-state index contributed by atoms with van der Waals surface area (Å²) in [6.45, 7) is 2.15. The van der Waals surface area contributed by atoms with E-state index in [2.05, 4.69) is 17.2 Å². The van der Waals surface area contributed by atoms with Gasteiger partial charge in [-0.05, 0) is 48.2 Å². The molecule has 0 spiro atoms. The molecular weight excluding hydrogens is 326 g/mol. The third kappa shape index (κ3) is 3.93. The first-order valence-electron chi connectivity index (χ1n) is 9.20. The SMILES string of the molecule is CCCC[C@@H](c1cccnc1)N(C)C(=O)Nc1ccc2c(c1)CCC2=O. The lowest BCUT2D eigenvalue weighted by atomic mass is 10.0. The summed E-state index contributed by atoms with van der Waals surface area (Å²) in [6.07, 6.45) is 7.89. The molecule has 1 aromatic carbocycles. The molecule has 26 heavy (non-hydrogen) atoms. The van der Waals surface area contributed by atoms with Crippen LogP contribution >= 0.6 is 0 Å². The number of pyridine rings is 1. The minimum absolute atomic E-state index is 0.0142. The number of nitrogens with one attached hydrogen (secondary N) is 1. The molecule has 0 aliphatic heterocycles. The number of amides is 2. The number of anilines is 1. The molecule has 5 nitrogen and oxygen atoms in total. The number of benzene rings is 1. The van der Waals surface area contributed by atoms with Gasteiger partial charge in [-0.15, -0.1) is 0 Å². The Bertz CT molecular complexity index is 789. The van der Waals surface area contributed by atoms with Gasteiger partial charge in [0, 0.05) is 37.1 Å². The van der Waals surface area contributed by atoms with Crippen LogP contribution in [0.3, 0.4) is 0 Å². The van der Waals surface area contributed by atoms with Gasteiger partial charge in [-0.25, -0.2) is 4.79 Å². The highest BCUT2D eigenvalue weighted by atomic mass is 16.2. The van der Waals surface area contributed by atoms with E-state index in [9.17, 15) is 9.59 Å². The third-order valence-electron chi connectivity index (χ3n) is 4.97. The van der Waals surface area contributed by atoms with Crippen LogP contribution in [-0.4, -0.2) is 28.7 Å². The molecule has 2 aromatic rings. The molecule has 0 saturated heterocycles. The summed E-state index contributed by atoms with van der Waals surface area (Å²) < 4.78 is 0. The van der Waals surface area contributed by atoms with E-state index in [0.29, 0.717) is 6.42 Å². The summed E-state index contributed by atoms with van der Waals surface area (Å²) in [7, 11) is 1.82. The van der Waals surface area contributed by atoms with E-state index in [1.165, 1.54) is 0 Å². The predicted molar refractivity (Wildman–Crippen MR) is 102 cm³/mol. The topological polar surface area (TPSA) is 62.3 Å². The molecule has 3 rings (SSSR count). The van der Waals surface area contributed by atoms with Crippen molar-refractivity contribution < 1.29 is 9.59 Å². The molecule has 0 radical (unpaired) electrons. The molecule has 0 unspecified atom stereocenters. The molecule has 0 saturated carbocycles. The lowest BCUT2D eigenvalue weighted by molar-refractivity contribution is 0.0994. The van der Waals surface area contributed by atoms with Gasteiger partial charge < -0.3 is 10.2 Å². The number of unbranched alkanes of at least 4 members (excludes halogenated alkanes) is 1. The maximum absolute atomic E-state index is 12.8. The molecule has 1 aromatic heterocycles. The van der Waals surface area contributed by atoms with Crippen molar-refractivity contribution in [2.75, 3.05) is 12.4 Å². The largest absolute Gasteiger partial charge is 0.322 e. The molecular formula is C21H25N3O2. The molecule has 5 heteroatoms. The van der Waals surface area contributed by atoms with Crippen LogP contribution in [0.4, 0.5) is 10.5 Å². The highest BCUT2D eigenvalue weighted by Crippen LogP contribution is 2.27. The van der Waals surface area contributed by atoms with Crippen molar-refractivity contribution in [2.45, 2.75) is 45.1 Å². The Morgan fingerprint density at radius 1 is 1.31 bits per heavy atom. The third-order valence-corrected chi connectivity index (χ3v) is 4.97. The van der Waals surface area contributed by atoms with Crippen molar-refractivity contribution in [3.63, 3.8) is 0 Å². The summed E-state index contributed by atoms with van der Waals surface area (Å²) in [5.74, 6) is 0.186. The number of nitrogens with zero attached hydrogens (tertiary/aromatic N) is 2. The summed E-state index contributed by atoms with van der Waals surface area (Å²) >= 11 is 0. The molecule has 1 atom stereocenters. The van der Waals surface area contributed by atoms with Gasteiger partial charge in [-0.2, -0.15) is 0 Å². The normalized spacial score (nSPS) is 14.0. The van der Waals surface area contributed by atoms with Crippen LogP contribution in [0.15, 0.2) is 42.7 Å². The monoisotopic (exact) mass is 351 g/mol. The van der Waals surface area contributed by atoms with Gasteiger partial charge in [0.15, 0.2) is 5.78 Å². The van der Waals surface area contributed by atoms with Gasteiger partial charge in [-0.3, -0.25) is 9.78 Å². The van der Waals surface area contributed by atoms with Crippen LogP contribution in [0.2, 0.25) is 0 Å². The lowest BCUT2D eigenvalue weighted by Crippen LogP contribution is -2.35. The average molecular weight is 351 g/mol. The first-order chi connectivity index (χ1) is 12.6. The van der Waals surface area contributed by atoms with E-state index in [1.807, 2.05) is 37.5 Å². The number of ketones is 1. The fourth-order valence-electron chi connectivity index (χ4n) is 3.44. The van der Waals surface area contributed by atoms with Crippen LogP contribution in [0, 0.1) is 0 Å². The smallest absolute Gasteiger partial charge is 0.320 e. The van der Waals surface area contributed by atoms with Gasteiger partial charge in [0.25, 0.3) is 0 Å². The Hall–Kier alpha value is -2.69. The highest BCUT2D eigenvalue weighted by Gasteiger charge is 2.23. The van der Waals surface area contributed by atoms with Crippen molar-refractivity contribution in [3.8, 4) is 0 Å². The number of aromatic nitrogens is 1. The zero-order chi connectivity index (χ0) is 18.5. The van der Waals surface area contributed by atoms with Crippen molar-refractivity contribution in [1.82, 2.24) is 9.88 Å². The first-order valence-corrected chi connectivity index (χ1v) is 9.20. The number of hydrogen-bond acceptors (Lipinski definition) is 3. The minimum atomic E-state index is -0.153. The van der Waals surface area contributed by atoms with E-state index in [-0.39, 0.29) is 17.9 Å². The van der Waals surface area contributed by atoms with E-state index in [0.717, 1.165) is 48.1 Å². The Morgan fingerprint density at radius 2 is 2.15 bits per heavy atom. The predicted octanol–water partition coefficient (Wildman–Crippen LogP) is 4.61. The van der Waals surface area contributed by atoms with Crippen LogP contribution < -0.4 is 5.32 Å². The van der Waals surface area contributed by atoms with Crippen LogP contribution in [-0.2, 0) is 6.42 Å². The van der Waals surface area contributed by atoms with Gasteiger partial charge >= 0.3 is 6.03 Å². The summed E-state index contributed by atoms with van der Waals surface area (Å²) in [6, 6.07) is 9.28. The quantitative estimate of drug-likeness (QED) is 0.827. The molecule has 1 aliphatic carbocycles. The average Bonchev–Trinajstić information content (AvgIpc) is 3.03. The number of carbonyl (C=O) groups excluding carboxylic acids is 2. The molecule has 1 N–H and O–H groups in total. The molecule has 0 fully saturated rings. The minimum Gasteiger partial charge on any atom is -0.320 e. The number of carbonyl (C=O) groups is 2. The number of hydrogen-bond donors (Lipinski definition) is 1. The fourth-order valence-corrected chi connectivity index (χ4v) is 3.44. The van der Waals surface area contributed by atoms with Crippen LogP contribution in [0.5, 0.6) is 0 Å². The molecule has 136 valence electrons. The number of urea groups is 1. The van der Waals surface area contributed by atoms with E-state index in [1.54, 1.807) is 17.2 Å². The fraction of sp³-hybridized carbons (Fsp3) is 0.381. The second kappa shape index (κ2) is 8.13. The van der Waals surface area contributed by atoms with E-state index in [4.69, 9.17) is 0 Å². The van der Waals surface area contributed by atoms with Crippen LogP contribution in [0.25, 0.3) is 0 Å². The molecule has 1 heterocycles. The summed E-state index contributed by atoms with van der Waals surface area (Å²) in [4.78, 5) is 30.5. The maximum atomic E-state index is 12.8. The number of rotatable bonds is 6. The molecule has 0 bridgehead atoms. The first kappa shape index (κ1) is 18.1. The van der Waals surface area contributed by atoms with Crippen molar-refractivity contribution in [1.29, 1.82) is 0 Å². The van der Waals surface area contributed by atoms with Gasteiger partial charge in [0.2, 0.25) is 0 Å². The lowest BCUT2D eigenvalue weighted by Gasteiger charge is -2.28. The summed E-state index contributed by atoms with van der Waals surface area (Å²) in [5.41, 5.74) is 3.58. The summed E-state index contributed by atoms with van der Waals surface area (Å²) in [5, 5.41) is 2.97. The molecule has 2 amide bonds. The second-order valence-corrected chi connectivity index (χ2v) is 6.78. The Balaban J connectivity index is 1.74. The number of fused-ring (bicyclic) bond motifs is 1.